The fraction of sp³-hybridized carbons (Fsp3) is 0.0909. The van der Waals surface area contributed by atoms with Gasteiger partial charge in [-0.1, -0.05) is 12.1 Å². The van der Waals surface area contributed by atoms with Gasteiger partial charge in [-0.2, -0.15) is 0 Å². The number of nitrogens with zero attached hydrogens (tertiary/aromatic N) is 1. The second-order valence-electron chi connectivity index (χ2n) is 3.28. The number of anilines is 1. The van der Waals surface area contributed by atoms with Crippen molar-refractivity contribution in [3.63, 3.8) is 0 Å². The maximum Gasteiger partial charge on any atom is 0.284 e. The molecule has 1 aromatic carbocycles. The normalized spacial score (nSPS) is 10.1. The van der Waals surface area contributed by atoms with Gasteiger partial charge in [-0.25, -0.2) is 5.84 Å². The Labute approximate surface area is 92.6 Å². The fourth-order valence-electron chi connectivity index (χ4n) is 1.67. The lowest BCUT2D eigenvalue weighted by Crippen LogP contribution is -2.30. The summed E-state index contributed by atoms with van der Waals surface area (Å²) >= 11 is 0. The van der Waals surface area contributed by atoms with Crippen LogP contribution in [0, 0.1) is 0 Å². The van der Waals surface area contributed by atoms with Crippen LogP contribution in [0.5, 0.6) is 0 Å². The average Bonchev–Trinajstić information content (AvgIpc) is 2.36. The number of nitrogen functional groups attached to an aromatic ring is 1. The predicted molar refractivity (Wildman–Crippen MR) is 62.9 cm³/mol. The minimum atomic E-state index is -0.390. The van der Waals surface area contributed by atoms with Gasteiger partial charge in [0, 0.05) is 29.7 Å². The number of carbonyl (C=O) groups is 1. The third-order valence-electron chi connectivity index (χ3n) is 2.42. The van der Waals surface area contributed by atoms with Gasteiger partial charge in [0.15, 0.2) is 0 Å². The summed E-state index contributed by atoms with van der Waals surface area (Å²) < 4.78 is 0. The minimum Gasteiger partial charge on any atom is -0.388 e. The number of aromatic nitrogens is 1. The van der Waals surface area contributed by atoms with Crippen molar-refractivity contribution in [3.05, 3.63) is 36.2 Å². The zero-order chi connectivity index (χ0) is 11.5. The highest BCUT2D eigenvalue weighted by molar-refractivity contribution is 6.08. The summed E-state index contributed by atoms with van der Waals surface area (Å²) in [5, 5.41) is 4.78. The van der Waals surface area contributed by atoms with E-state index in [1.54, 1.807) is 6.20 Å². The monoisotopic (exact) mass is 216 g/mol. The zero-order valence-corrected chi connectivity index (χ0v) is 8.82. The molecule has 0 radical (unpaired) electrons. The number of fused-ring (bicyclic) bond motifs is 1. The van der Waals surface area contributed by atoms with E-state index < -0.39 is 0 Å². The van der Waals surface area contributed by atoms with Crippen molar-refractivity contribution < 1.29 is 4.79 Å². The van der Waals surface area contributed by atoms with E-state index in [9.17, 15) is 4.79 Å². The molecule has 4 N–H and O–H groups in total. The van der Waals surface area contributed by atoms with Gasteiger partial charge in [0.05, 0.1) is 0 Å². The molecule has 0 spiro atoms. The van der Waals surface area contributed by atoms with Crippen molar-refractivity contribution in [2.24, 2.45) is 5.84 Å². The van der Waals surface area contributed by atoms with Crippen molar-refractivity contribution in [2.75, 3.05) is 12.4 Å². The third-order valence-corrected chi connectivity index (χ3v) is 2.42. The average molecular weight is 216 g/mol. The minimum absolute atomic E-state index is 0.331. The first-order chi connectivity index (χ1) is 7.77. The number of carbonyl (C=O) groups excluding carboxylic acids is 1. The van der Waals surface area contributed by atoms with Gasteiger partial charge in [0.2, 0.25) is 0 Å². The molecular weight excluding hydrogens is 204 g/mol. The molecule has 0 aliphatic rings. The van der Waals surface area contributed by atoms with E-state index >= 15 is 0 Å². The topological polar surface area (TPSA) is 80.0 Å². The Balaban J connectivity index is 2.73. The molecule has 1 aromatic heterocycles. The van der Waals surface area contributed by atoms with E-state index in [4.69, 9.17) is 5.84 Å². The molecule has 5 heteroatoms. The van der Waals surface area contributed by atoms with E-state index in [1.165, 1.54) is 0 Å². The van der Waals surface area contributed by atoms with Gasteiger partial charge in [-0.15, -0.1) is 0 Å². The van der Waals surface area contributed by atoms with E-state index in [1.807, 2.05) is 31.3 Å². The number of hydrogen-bond donors (Lipinski definition) is 3. The smallest absolute Gasteiger partial charge is 0.284 e. The lowest BCUT2D eigenvalue weighted by molar-refractivity contribution is 0.0950. The third kappa shape index (κ3) is 1.57. The molecule has 0 saturated heterocycles. The van der Waals surface area contributed by atoms with Crippen LogP contribution in [-0.4, -0.2) is 17.9 Å². The number of nitrogens with one attached hydrogen (secondary N) is 2. The van der Waals surface area contributed by atoms with Crippen molar-refractivity contribution in [3.8, 4) is 0 Å². The number of rotatable bonds is 2. The van der Waals surface area contributed by atoms with E-state index in [0.29, 0.717) is 5.69 Å². The van der Waals surface area contributed by atoms with Crippen LogP contribution in [0.4, 0.5) is 5.69 Å². The lowest BCUT2D eigenvalue weighted by Gasteiger charge is -2.08. The lowest BCUT2D eigenvalue weighted by atomic mass is 10.1. The van der Waals surface area contributed by atoms with Crippen LogP contribution >= 0.6 is 0 Å². The van der Waals surface area contributed by atoms with Crippen LogP contribution in [0.25, 0.3) is 10.8 Å². The Kier molecular flexibility index (Phi) is 2.70. The van der Waals surface area contributed by atoms with E-state index in [2.05, 4.69) is 15.7 Å². The number of pyridine rings is 1. The van der Waals surface area contributed by atoms with Crippen molar-refractivity contribution >= 4 is 22.4 Å². The summed E-state index contributed by atoms with van der Waals surface area (Å²) in [5.74, 6) is 4.72. The first-order valence-corrected chi connectivity index (χ1v) is 4.84. The van der Waals surface area contributed by atoms with Gasteiger partial charge < -0.3 is 5.32 Å². The predicted octanol–water partition coefficient (Wildman–Crippen LogP) is 0.880. The molecule has 0 unspecified atom stereocenters. The standard InChI is InChI=1S/C11H12N4O/c1-13-9-4-2-3-8-7(9)5-6-14-10(8)11(16)15-12/h2-6,13H,12H2,1H3,(H,15,16). The van der Waals surface area contributed by atoms with Gasteiger partial charge in [-0.3, -0.25) is 15.2 Å². The molecule has 0 saturated carbocycles. The van der Waals surface area contributed by atoms with E-state index in [0.717, 1.165) is 16.5 Å². The Hall–Kier alpha value is -2.14. The molecule has 5 nitrogen and oxygen atoms in total. The molecule has 16 heavy (non-hydrogen) atoms. The molecule has 0 atom stereocenters. The van der Waals surface area contributed by atoms with E-state index in [-0.39, 0.29) is 5.91 Å². The molecule has 82 valence electrons. The second kappa shape index (κ2) is 4.16. The van der Waals surface area contributed by atoms with Crippen molar-refractivity contribution in [1.82, 2.24) is 10.4 Å². The van der Waals surface area contributed by atoms with Crippen LogP contribution in [-0.2, 0) is 0 Å². The van der Waals surface area contributed by atoms with Crippen LogP contribution in [0.3, 0.4) is 0 Å². The first-order valence-electron chi connectivity index (χ1n) is 4.84. The highest BCUT2D eigenvalue weighted by atomic mass is 16.2. The molecule has 0 bridgehead atoms. The number of hydrogen-bond acceptors (Lipinski definition) is 4. The molecular formula is C11H12N4O. The number of amides is 1. The summed E-state index contributed by atoms with van der Waals surface area (Å²) in [6, 6.07) is 7.50. The number of benzene rings is 1. The molecule has 1 amide bonds. The maximum atomic E-state index is 11.5. The summed E-state index contributed by atoms with van der Waals surface area (Å²) in [6.07, 6.45) is 1.59. The first kappa shape index (κ1) is 10.4. The molecule has 0 aliphatic heterocycles. The molecule has 1 heterocycles. The summed E-state index contributed by atoms with van der Waals surface area (Å²) in [4.78, 5) is 15.5. The Morgan fingerprint density at radius 1 is 1.31 bits per heavy atom. The number of hydrazine groups is 1. The van der Waals surface area contributed by atoms with Gasteiger partial charge >= 0.3 is 0 Å². The summed E-state index contributed by atoms with van der Waals surface area (Å²) in [6.45, 7) is 0. The quantitative estimate of drug-likeness (QED) is 0.395. The summed E-state index contributed by atoms with van der Waals surface area (Å²) in [7, 11) is 1.83. The Morgan fingerprint density at radius 3 is 2.81 bits per heavy atom. The SMILES string of the molecule is CNc1cccc2c(C(=O)NN)nccc12. The molecule has 2 aromatic rings. The highest BCUT2D eigenvalue weighted by Crippen LogP contribution is 2.24. The molecule has 0 fully saturated rings. The highest BCUT2D eigenvalue weighted by Gasteiger charge is 2.11. The van der Waals surface area contributed by atoms with Crippen LogP contribution < -0.4 is 16.6 Å². The van der Waals surface area contributed by atoms with Crippen LogP contribution in [0.2, 0.25) is 0 Å². The Morgan fingerprint density at radius 2 is 2.12 bits per heavy atom. The molecule has 0 aliphatic carbocycles. The maximum absolute atomic E-state index is 11.5. The fourth-order valence-corrected chi connectivity index (χ4v) is 1.67. The van der Waals surface area contributed by atoms with Crippen molar-refractivity contribution in [2.45, 2.75) is 0 Å². The number of nitrogens with two attached hydrogens (primary N) is 1. The van der Waals surface area contributed by atoms with Crippen LogP contribution in [0.15, 0.2) is 30.5 Å². The Bertz CT molecular complexity index is 538. The van der Waals surface area contributed by atoms with Gasteiger partial charge in [0.25, 0.3) is 5.91 Å². The molecule has 2 rings (SSSR count). The van der Waals surface area contributed by atoms with Crippen molar-refractivity contribution in [1.29, 1.82) is 0 Å². The largest absolute Gasteiger partial charge is 0.388 e. The van der Waals surface area contributed by atoms with Crippen LogP contribution in [0.1, 0.15) is 10.5 Å². The van der Waals surface area contributed by atoms with Gasteiger partial charge in [0.1, 0.15) is 5.69 Å². The van der Waals surface area contributed by atoms with Gasteiger partial charge in [-0.05, 0) is 12.1 Å². The summed E-state index contributed by atoms with van der Waals surface area (Å²) in [5.41, 5.74) is 3.37. The second-order valence-corrected chi connectivity index (χ2v) is 3.28. The zero-order valence-electron chi connectivity index (χ0n) is 8.82.